The molecule has 0 N–H and O–H groups in total. The largest absolute Gasteiger partial charge is 0.361 e. The van der Waals surface area contributed by atoms with Crippen LogP contribution in [0.5, 0.6) is 0 Å². The molecular weight excluding hydrogens is 461 g/mol. The number of hydrogen-bond donors (Lipinski definition) is 0. The van der Waals surface area contributed by atoms with Gasteiger partial charge in [0.15, 0.2) is 0 Å². The van der Waals surface area contributed by atoms with Gasteiger partial charge in [-0.3, -0.25) is 4.79 Å². The van der Waals surface area contributed by atoms with Crippen molar-refractivity contribution in [2.24, 2.45) is 0 Å². The minimum atomic E-state index is -0.283. The van der Waals surface area contributed by atoms with Gasteiger partial charge in [0.1, 0.15) is 12.7 Å². The zero-order valence-electron chi connectivity index (χ0n) is 18.9. The summed E-state index contributed by atoms with van der Waals surface area (Å²) in [6.45, 7) is 6.87. The molecule has 2 aromatic carbocycles. The highest BCUT2D eigenvalue weighted by molar-refractivity contribution is 8.01. The van der Waals surface area contributed by atoms with Crippen LogP contribution in [0.1, 0.15) is 69.7 Å². The Hall–Kier alpha value is -1.20. The quantitative estimate of drug-likeness (QED) is 0.443. The Balaban J connectivity index is 1.78. The predicted octanol–water partition coefficient (Wildman–Crippen LogP) is 7.48. The van der Waals surface area contributed by atoms with Crippen LogP contribution in [0.15, 0.2) is 48.5 Å². The molecule has 6 heteroatoms. The van der Waals surface area contributed by atoms with Crippen molar-refractivity contribution in [2.75, 3.05) is 6.61 Å². The van der Waals surface area contributed by atoms with Crippen LogP contribution in [0.2, 0.25) is 10.0 Å². The number of morpholine rings is 1. The third kappa shape index (κ3) is 5.47. The summed E-state index contributed by atoms with van der Waals surface area (Å²) in [4.78, 5) is 15.6. The zero-order valence-corrected chi connectivity index (χ0v) is 21.2. The molecule has 1 saturated carbocycles. The predicted molar refractivity (Wildman–Crippen MR) is 135 cm³/mol. The Kier molecular flexibility index (Phi) is 7.46. The van der Waals surface area contributed by atoms with Crippen LogP contribution in [0, 0.1) is 0 Å². The van der Waals surface area contributed by atoms with Crippen LogP contribution < -0.4 is 0 Å². The summed E-state index contributed by atoms with van der Waals surface area (Å²) in [5, 5.41) is 1.75. The molecule has 0 bridgehead atoms. The van der Waals surface area contributed by atoms with Gasteiger partial charge in [0.25, 0.3) is 0 Å². The van der Waals surface area contributed by atoms with Crippen molar-refractivity contribution in [1.82, 2.24) is 4.90 Å². The summed E-state index contributed by atoms with van der Waals surface area (Å²) >= 11 is 14.5. The lowest BCUT2D eigenvalue weighted by Crippen LogP contribution is -2.55. The molecule has 172 valence electrons. The number of benzene rings is 2. The van der Waals surface area contributed by atoms with Crippen molar-refractivity contribution in [3.8, 4) is 0 Å². The van der Waals surface area contributed by atoms with Gasteiger partial charge >= 0.3 is 0 Å². The standard InChI is InChI=1S/C26H31Cl2NO2S/c1-26(2,3)32-22-10-5-4-9-21(22)29-23(30)16-31-25(18-7-6-8-20(28)15-18)24(29)17-11-13-19(27)14-12-17/h6-8,11-15,21-22,24-25H,4-5,9-10,16H2,1-3H3/t21-,22-,24+,25+/m0/s1. The van der Waals surface area contributed by atoms with Gasteiger partial charge in [0.2, 0.25) is 5.91 Å². The molecular formula is C26H31Cl2NO2S. The van der Waals surface area contributed by atoms with Gasteiger partial charge in [-0.1, -0.05) is 81.1 Å². The molecule has 2 aromatic rings. The number of rotatable bonds is 4. The van der Waals surface area contributed by atoms with E-state index in [-0.39, 0.29) is 35.4 Å². The molecule has 1 aliphatic heterocycles. The average Bonchev–Trinajstić information content (AvgIpc) is 2.74. The number of ether oxygens (including phenoxy) is 1. The van der Waals surface area contributed by atoms with Crippen molar-refractivity contribution in [1.29, 1.82) is 0 Å². The Morgan fingerprint density at radius 1 is 0.969 bits per heavy atom. The van der Waals surface area contributed by atoms with Gasteiger partial charge in [-0.05, 0) is 48.2 Å². The van der Waals surface area contributed by atoms with Crippen molar-refractivity contribution < 1.29 is 9.53 Å². The molecule has 0 unspecified atom stereocenters. The Bertz CT molecular complexity index is 944. The smallest absolute Gasteiger partial charge is 0.249 e. The van der Waals surface area contributed by atoms with Crippen LogP contribution in [0.25, 0.3) is 0 Å². The van der Waals surface area contributed by atoms with E-state index in [2.05, 4.69) is 25.7 Å². The minimum Gasteiger partial charge on any atom is -0.361 e. The summed E-state index contributed by atoms with van der Waals surface area (Å²) in [5.41, 5.74) is 2.03. The number of carbonyl (C=O) groups excluding carboxylic acids is 1. The summed E-state index contributed by atoms with van der Waals surface area (Å²) in [7, 11) is 0. The van der Waals surface area contributed by atoms with Crippen molar-refractivity contribution >= 4 is 40.9 Å². The normalized spacial score (nSPS) is 26.9. The third-order valence-corrected chi connectivity index (χ3v) is 8.23. The average molecular weight is 493 g/mol. The van der Waals surface area contributed by atoms with Crippen LogP contribution in [0.3, 0.4) is 0 Å². The maximum Gasteiger partial charge on any atom is 0.249 e. The van der Waals surface area contributed by atoms with E-state index in [1.165, 1.54) is 6.42 Å². The lowest BCUT2D eigenvalue weighted by Gasteiger charge is -2.49. The van der Waals surface area contributed by atoms with Crippen LogP contribution in [-0.4, -0.2) is 33.5 Å². The van der Waals surface area contributed by atoms with E-state index < -0.39 is 0 Å². The first kappa shape index (κ1) is 23.9. The Morgan fingerprint density at radius 3 is 2.38 bits per heavy atom. The minimum absolute atomic E-state index is 0.0645. The molecule has 0 spiro atoms. The lowest BCUT2D eigenvalue weighted by atomic mass is 9.87. The molecule has 2 aliphatic rings. The van der Waals surface area contributed by atoms with Gasteiger partial charge in [-0.25, -0.2) is 0 Å². The fourth-order valence-corrected chi connectivity index (χ4v) is 6.91. The highest BCUT2D eigenvalue weighted by Crippen LogP contribution is 2.47. The van der Waals surface area contributed by atoms with Crippen molar-refractivity contribution in [3.63, 3.8) is 0 Å². The topological polar surface area (TPSA) is 29.5 Å². The number of amides is 1. The SMILES string of the molecule is CC(C)(C)S[C@H]1CCCC[C@@H]1N1C(=O)CO[C@H](c2cccc(Cl)c2)[C@H]1c1ccc(Cl)cc1. The molecule has 4 atom stereocenters. The van der Waals surface area contributed by atoms with Gasteiger partial charge < -0.3 is 9.64 Å². The molecule has 0 aromatic heterocycles. The first-order valence-corrected chi connectivity index (χ1v) is 13.0. The van der Waals surface area contributed by atoms with E-state index in [0.29, 0.717) is 15.3 Å². The zero-order chi connectivity index (χ0) is 22.9. The monoisotopic (exact) mass is 491 g/mol. The highest BCUT2D eigenvalue weighted by Gasteiger charge is 2.45. The fourth-order valence-electron chi connectivity index (χ4n) is 4.96. The second-order valence-electron chi connectivity index (χ2n) is 9.70. The molecule has 1 saturated heterocycles. The lowest BCUT2D eigenvalue weighted by molar-refractivity contribution is -0.164. The Morgan fingerprint density at radius 2 is 1.69 bits per heavy atom. The maximum atomic E-state index is 13.4. The number of hydrogen-bond acceptors (Lipinski definition) is 3. The number of carbonyl (C=O) groups is 1. The molecule has 32 heavy (non-hydrogen) atoms. The van der Waals surface area contributed by atoms with Gasteiger partial charge in [-0.2, -0.15) is 11.8 Å². The molecule has 1 amide bonds. The van der Waals surface area contributed by atoms with E-state index in [0.717, 1.165) is 30.4 Å². The molecule has 3 nitrogen and oxygen atoms in total. The summed E-state index contributed by atoms with van der Waals surface area (Å²) in [6.07, 6.45) is 4.23. The maximum absolute atomic E-state index is 13.4. The van der Waals surface area contributed by atoms with Crippen LogP contribution in [-0.2, 0) is 9.53 Å². The number of halogens is 2. The Labute approximate surface area is 205 Å². The second kappa shape index (κ2) is 9.97. The van der Waals surface area contributed by atoms with E-state index in [1.807, 2.05) is 60.3 Å². The van der Waals surface area contributed by atoms with E-state index in [4.69, 9.17) is 27.9 Å². The van der Waals surface area contributed by atoms with Gasteiger partial charge in [-0.15, -0.1) is 0 Å². The molecule has 4 rings (SSSR count). The van der Waals surface area contributed by atoms with Crippen LogP contribution >= 0.6 is 35.0 Å². The summed E-state index contributed by atoms with van der Waals surface area (Å²) in [6, 6.07) is 15.6. The highest BCUT2D eigenvalue weighted by atomic mass is 35.5. The van der Waals surface area contributed by atoms with E-state index in [9.17, 15) is 4.79 Å². The first-order chi connectivity index (χ1) is 15.2. The van der Waals surface area contributed by atoms with Crippen molar-refractivity contribution in [2.45, 2.75) is 74.6 Å². The molecule has 1 heterocycles. The molecule has 2 fully saturated rings. The van der Waals surface area contributed by atoms with Crippen molar-refractivity contribution in [3.05, 3.63) is 69.7 Å². The molecule has 0 radical (unpaired) electrons. The first-order valence-electron chi connectivity index (χ1n) is 11.3. The van der Waals surface area contributed by atoms with Gasteiger partial charge in [0.05, 0.1) is 6.04 Å². The van der Waals surface area contributed by atoms with E-state index >= 15 is 0 Å². The van der Waals surface area contributed by atoms with Gasteiger partial charge in [0, 0.05) is 26.1 Å². The third-order valence-electron chi connectivity index (χ3n) is 6.18. The molecule has 1 aliphatic carbocycles. The van der Waals surface area contributed by atoms with Crippen LogP contribution in [0.4, 0.5) is 0 Å². The van der Waals surface area contributed by atoms with E-state index in [1.54, 1.807) is 0 Å². The number of thioether (sulfide) groups is 1. The summed E-state index contributed by atoms with van der Waals surface area (Å²) < 4.78 is 6.33. The second-order valence-corrected chi connectivity index (χ2v) is 12.6. The number of nitrogens with zero attached hydrogens (tertiary/aromatic N) is 1. The fraction of sp³-hybridized carbons (Fsp3) is 0.500. The summed E-state index contributed by atoms with van der Waals surface area (Å²) in [5.74, 6) is 0.0645.